The van der Waals surface area contributed by atoms with Gasteiger partial charge in [0.05, 0.1) is 6.61 Å². The molecule has 1 N–H and O–H groups in total. The Morgan fingerprint density at radius 2 is 1.94 bits per heavy atom. The van der Waals surface area contributed by atoms with Crippen LogP contribution in [-0.2, 0) is 6.61 Å². The molecule has 2 rings (SSSR count). The first-order valence-electron chi connectivity index (χ1n) is 5.02. The standard InChI is InChI=1S/C13H10BrFOS/c14-9-3-1-4-10(7-9)17-13-6-2-5-12(15)11(13)8-16/h1-7,16H,8H2. The molecule has 0 saturated carbocycles. The topological polar surface area (TPSA) is 20.2 Å². The highest BCUT2D eigenvalue weighted by atomic mass is 79.9. The molecule has 88 valence electrons. The van der Waals surface area contributed by atoms with Crippen LogP contribution in [0.25, 0.3) is 0 Å². The fraction of sp³-hybridized carbons (Fsp3) is 0.0769. The normalized spacial score (nSPS) is 10.5. The average molecular weight is 313 g/mol. The molecule has 2 aromatic carbocycles. The Kier molecular flexibility index (Phi) is 4.20. The smallest absolute Gasteiger partial charge is 0.129 e. The Morgan fingerprint density at radius 1 is 1.18 bits per heavy atom. The van der Waals surface area contributed by atoms with Crippen molar-refractivity contribution < 1.29 is 9.50 Å². The van der Waals surface area contributed by atoms with Crippen molar-refractivity contribution in [2.75, 3.05) is 0 Å². The first kappa shape index (κ1) is 12.6. The van der Waals surface area contributed by atoms with Crippen molar-refractivity contribution in [2.45, 2.75) is 16.4 Å². The van der Waals surface area contributed by atoms with Crippen LogP contribution >= 0.6 is 27.7 Å². The number of benzene rings is 2. The number of aliphatic hydroxyl groups excluding tert-OH is 1. The monoisotopic (exact) mass is 312 g/mol. The van der Waals surface area contributed by atoms with Crippen LogP contribution in [0.3, 0.4) is 0 Å². The van der Waals surface area contributed by atoms with Crippen molar-refractivity contribution in [3.8, 4) is 0 Å². The van der Waals surface area contributed by atoms with Crippen LogP contribution in [0.1, 0.15) is 5.56 Å². The lowest BCUT2D eigenvalue weighted by Gasteiger charge is -2.08. The highest BCUT2D eigenvalue weighted by molar-refractivity contribution is 9.10. The lowest BCUT2D eigenvalue weighted by Crippen LogP contribution is -1.92. The van der Waals surface area contributed by atoms with Gasteiger partial charge < -0.3 is 5.11 Å². The molecule has 17 heavy (non-hydrogen) atoms. The van der Waals surface area contributed by atoms with Gasteiger partial charge in [0.2, 0.25) is 0 Å². The molecule has 0 heterocycles. The van der Waals surface area contributed by atoms with E-state index in [9.17, 15) is 4.39 Å². The maximum Gasteiger partial charge on any atom is 0.129 e. The van der Waals surface area contributed by atoms with Crippen LogP contribution in [0.5, 0.6) is 0 Å². The third kappa shape index (κ3) is 3.09. The fourth-order valence-corrected chi connectivity index (χ4v) is 3.01. The van der Waals surface area contributed by atoms with Gasteiger partial charge in [-0.3, -0.25) is 0 Å². The van der Waals surface area contributed by atoms with Crippen LogP contribution in [0.4, 0.5) is 4.39 Å². The van der Waals surface area contributed by atoms with Gasteiger partial charge in [-0.05, 0) is 30.3 Å². The number of aliphatic hydroxyl groups is 1. The Bertz CT molecular complexity index is 531. The highest BCUT2D eigenvalue weighted by Crippen LogP contribution is 2.32. The van der Waals surface area contributed by atoms with Crippen molar-refractivity contribution in [3.05, 3.63) is 58.3 Å². The molecule has 0 aliphatic carbocycles. The summed E-state index contributed by atoms with van der Waals surface area (Å²) >= 11 is 4.83. The highest BCUT2D eigenvalue weighted by Gasteiger charge is 2.08. The summed E-state index contributed by atoms with van der Waals surface area (Å²) in [4.78, 5) is 1.74. The quantitative estimate of drug-likeness (QED) is 0.915. The molecule has 1 nitrogen and oxygen atoms in total. The molecule has 0 unspecified atom stereocenters. The zero-order chi connectivity index (χ0) is 12.3. The first-order chi connectivity index (χ1) is 8.20. The predicted molar refractivity (Wildman–Crippen MR) is 70.6 cm³/mol. The molecule has 0 amide bonds. The van der Waals surface area contributed by atoms with Crippen LogP contribution in [0.2, 0.25) is 0 Å². The third-order valence-corrected chi connectivity index (χ3v) is 3.84. The number of hydrogen-bond acceptors (Lipinski definition) is 2. The SMILES string of the molecule is OCc1c(F)cccc1Sc1cccc(Br)c1. The van der Waals surface area contributed by atoms with Crippen molar-refractivity contribution in [3.63, 3.8) is 0 Å². The Morgan fingerprint density at radius 3 is 2.65 bits per heavy atom. The molecule has 0 fully saturated rings. The summed E-state index contributed by atoms with van der Waals surface area (Å²) in [6, 6.07) is 12.6. The molecule has 0 spiro atoms. The summed E-state index contributed by atoms with van der Waals surface area (Å²) in [7, 11) is 0. The summed E-state index contributed by atoms with van der Waals surface area (Å²) < 4.78 is 14.4. The predicted octanol–water partition coefficient (Wildman–Crippen LogP) is 4.23. The second-order valence-electron chi connectivity index (χ2n) is 3.43. The van der Waals surface area contributed by atoms with E-state index in [1.807, 2.05) is 24.3 Å². The van der Waals surface area contributed by atoms with E-state index in [2.05, 4.69) is 15.9 Å². The van der Waals surface area contributed by atoms with E-state index < -0.39 is 0 Å². The Hall–Kier alpha value is -0.840. The Labute approximate surface area is 112 Å². The average Bonchev–Trinajstić information content (AvgIpc) is 2.29. The molecule has 0 aliphatic rings. The van der Waals surface area contributed by atoms with Crippen molar-refractivity contribution in [1.29, 1.82) is 0 Å². The van der Waals surface area contributed by atoms with Crippen LogP contribution in [0, 0.1) is 5.82 Å². The van der Waals surface area contributed by atoms with E-state index in [1.165, 1.54) is 17.8 Å². The lowest BCUT2D eigenvalue weighted by atomic mass is 10.2. The van der Waals surface area contributed by atoms with Gasteiger partial charge in [0.15, 0.2) is 0 Å². The van der Waals surface area contributed by atoms with E-state index in [4.69, 9.17) is 5.11 Å². The van der Waals surface area contributed by atoms with Gasteiger partial charge in [0.25, 0.3) is 0 Å². The Balaban J connectivity index is 2.33. The van der Waals surface area contributed by atoms with Gasteiger partial charge in [0.1, 0.15) is 5.82 Å². The molecule has 0 radical (unpaired) electrons. The molecule has 0 saturated heterocycles. The van der Waals surface area contributed by atoms with Gasteiger partial charge in [-0.2, -0.15) is 0 Å². The van der Waals surface area contributed by atoms with E-state index in [1.54, 1.807) is 12.1 Å². The van der Waals surface area contributed by atoms with Crippen molar-refractivity contribution in [2.24, 2.45) is 0 Å². The zero-order valence-electron chi connectivity index (χ0n) is 8.86. The van der Waals surface area contributed by atoms with Crippen LogP contribution in [-0.4, -0.2) is 5.11 Å². The molecule has 0 aromatic heterocycles. The fourth-order valence-electron chi connectivity index (χ4n) is 1.45. The minimum absolute atomic E-state index is 0.289. The minimum Gasteiger partial charge on any atom is -0.392 e. The summed E-state index contributed by atoms with van der Waals surface area (Å²) in [6.45, 7) is -0.289. The minimum atomic E-state index is -0.368. The van der Waals surface area contributed by atoms with Gasteiger partial charge >= 0.3 is 0 Å². The molecule has 2 aromatic rings. The summed E-state index contributed by atoms with van der Waals surface area (Å²) in [5.41, 5.74) is 0.345. The van der Waals surface area contributed by atoms with E-state index in [0.29, 0.717) is 5.56 Å². The molecule has 0 bridgehead atoms. The first-order valence-corrected chi connectivity index (χ1v) is 6.63. The van der Waals surface area contributed by atoms with E-state index in [-0.39, 0.29) is 12.4 Å². The van der Waals surface area contributed by atoms with Gasteiger partial charge in [-0.1, -0.05) is 39.8 Å². The van der Waals surface area contributed by atoms with Gasteiger partial charge in [0, 0.05) is 19.8 Å². The maximum atomic E-state index is 13.4. The van der Waals surface area contributed by atoms with E-state index >= 15 is 0 Å². The number of rotatable bonds is 3. The second-order valence-corrected chi connectivity index (χ2v) is 5.47. The second kappa shape index (κ2) is 5.67. The van der Waals surface area contributed by atoms with Crippen LogP contribution in [0.15, 0.2) is 56.7 Å². The van der Waals surface area contributed by atoms with Gasteiger partial charge in [-0.25, -0.2) is 4.39 Å². The lowest BCUT2D eigenvalue weighted by molar-refractivity contribution is 0.272. The molecule has 0 aliphatic heterocycles. The molecular weight excluding hydrogens is 303 g/mol. The summed E-state index contributed by atoms with van der Waals surface area (Å²) in [5, 5.41) is 9.17. The molecule has 0 atom stereocenters. The van der Waals surface area contributed by atoms with Crippen molar-refractivity contribution in [1.82, 2.24) is 0 Å². The summed E-state index contributed by atoms with van der Waals surface area (Å²) in [5.74, 6) is -0.368. The molecular formula is C13H10BrFOS. The van der Waals surface area contributed by atoms with Crippen molar-refractivity contribution >= 4 is 27.7 Å². The summed E-state index contributed by atoms with van der Waals surface area (Å²) in [6.07, 6.45) is 0. The van der Waals surface area contributed by atoms with Gasteiger partial charge in [-0.15, -0.1) is 0 Å². The number of halogens is 2. The zero-order valence-corrected chi connectivity index (χ0v) is 11.3. The maximum absolute atomic E-state index is 13.4. The molecule has 4 heteroatoms. The third-order valence-electron chi connectivity index (χ3n) is 2.26. The van der Waals surface area contributed by atoms with Crippen LogP contribution < -0.4 is 0 Å². The largest absolute Gasteiger partial charge is 0.392 e. The number of hydrogen-bond donors (Lipinski definition) is 1. The van der Waals surface area contributed by atoms with E-state index in [0.717, 1.165) is 14.3 Å².